The number of methoxy groups -OCH3 is 1. The van der Waals surface area contributed by atoms with Gasteiger partial charge in [0.1, 0.15) is 11.4 Å². The molecule has 1 rings (SSSR count). The quantitative estimate of drug-likeness (QED) is 0.601. The van der Waals surface area contributed by atoms with Crippen LogP contribution in [0, 0.1) is 0 Å². The molecule has 0 unspecified atom stereocenters. The summed E-state index contributed by atoms with van der Waals surface area (Å²) in [4.78, 5) is 3.50. The second kappa shape index (κ2) is 5.50. The first kappa shape index (κ1) is 15.3. The highest BCUT2D eigenvalue weighted by Gasteiger charge is 2.40. The average Bonchev–Trinajstić information content (AvgIpc) is 2.26. The summed E-state index contributed by atoms with van der Waals surface area (Å²) in [6, 6.07) is 5.92. The Morgan fingerprint density at radius 1 is 1.05 bits per heavy atom. The van der Waals surface area contributed by atoms with E-state index in [4.69, 9.17) is 9.47 Å². The van der Waals surface area contributed by atoms with Crippen LogP contribution < -0.4 is 4.74 Å². The molecule has 0 aromatic heterocycles. The van der Waals surface area contributed by atoms with Gasteiger partial charge in [-0.2, -0.15) is 13.2 Å². The van der Waals surface area contributed by atoms with Gasteiger partial charge in [0.25, 0.3) is 5.90 Å². The predicted molar refractivity (Wildman–Crippen MR) is 67.0 cm³/mol. The first-order chi connectivity index (χ1) is 8.62. The molecule has 0 aliphatic carbocycles. The van der Waals surface area contributed by atoms with Crippen molar-refractivity contribution in [2.45, 2.75) is 32.5 Å². The zero-order valence-corrected chi connectivity index (χ0v) is 11.2. The number of hydrogen-bond donors (Lipinski definition) is 0. The van der Waals surface area contributed by atoms with E-state index in [9.17, 15) is 13.2 Å². The monoisotopic (exact) mass is 275 g/mol. The third-order valence-corrected chi connectivity index (χ3v) is 1.95. The molecule has 0 bridgehead atoms. The number of aliphatic imine (C=N–C) groups is 1. The molecule has 0 spiro atoms. The van der Waals surface area contributed by atoms with Gasteiger partial charge in [0.2, 0.25) is 0 Å². The number of nitrogens with zero attached hydrogens (tertiary/aromatic N) is 1. The van der Waals surface area contributed by atoms with Gasteiger partial charge in [0.15, 0.2) is 0 Å². The summed E-state index contributed by atoms with van der Waals surface area (Å²) in [5, 5.41) is 0. The van der Waals surface area contributed by atoms with Crippen LogP contribution in [-0.2, 0) is 4.74 Å². The molecule has 1 aromatic rings. The van der Waals surface area contributed by atoms with Crippen molar-refractivity contribution in [3.63, 3.8) is 0 Å². The molecule has 0 N–H and O–H groups in total. The van der Waals surface area contributed by atoms with Crippen molar-refractivity contribution in [1.82, 2.24) is 0 Å². The number of alkyl halides is 3. The molecule has 6 heteroatoms. The van der Waals surface area contributed by atoms with Crippen molar-refractivity contribution < 1.29 is 22.6 Å². The second-order valence-corrected chi connectivity index (χ2v) is 4.83. The Balaban J connectivity index is 3.05. The highest BCUT2D eigenvalue weighted by Crippen LogP contribution is 2.26. The Labute approximate surface area is 110 Å². The number of ether oxygens (including phenoxy) is 2. The van der Waals surface area contributed by atoms with Crippen molar-refractivity contribution in [3.05, 3.63) is 24.3 Å². The average molecular weight is 275 g/mol. The highest BCUT2D eigenvalue weighted by atomic mass is 19.4. The molecule has 0 atom stereocenters. The van der Waals surface area contributed by atoms with E-state index in [0.717, 1.165) is 0 Å². The lowest BCUT2D eigenvalue weighted by Gasteiger charge is -2.23. The van der Waals surface area contributed by atoms with Gasteiger partial charge >= 0.3 is 6.18 Å². The van der Waals surface area contributed by atoms with Crippen LogP contribution in [0.15, 0.2) is 29.3 Å². The normalized spacial score (nSPS) is 13.3. The van der Waals surface area contributed by atoms with E-state index >= 15 is 0 Å². The van der Waals surface area contributed by atoms with Crippen LogP contribution >= 0.6 is 0 Å². The molecule has 0 saturated heterocycles. The molecule has 0 saturated carbocycles. The van der Waals surface area contributed by atoms with Crippen molar-refractivity contribution in [1.29, 1.82) is 0 Å². The Bertz CT molecular complexity index is 444. The molecule has 106 valence electrons. The van der Waals surface area contributed by atoms with Gasteiger partial charge in [0, 0.05) is 0 Å². The summed E-state index contributed by atoms with van der Waals surface area (Å²) in [7, 11) is 1.47. The van der Waals surface area contributed by atoms with Crippen molar-refractivity contribution in [3.8, 4) is 5.75 Å². The van der Waals surface area contributed by atoms with Gasteiger partial charge in [-0.1, -0.05) is 0 Å². The molecule has 0 aliphatic rings. The highest BCUT2D eigenvalue weighted by molar-refractivity contribution is 5.84. The third kappa shape index (κ3) is 5.19. The Morgan fingerprint density at radius 2 is 1.58 bits per heavy atom. The van der Waals surface area contributed by atoms with Gasteiger partial charge in [-0.25, -0.2) is 4.99 Å². The molecule has 3 nitrogen and oxygen atoms in total. The molecule has 0 fully saturated rings. The minimum atomic E-state index is -4.63. The van der Waals surface area contributed by atoms with Crippen molar-refractivity contribution in [2.75, 3.05) is 7.11 Å². The minimum Gasteiger partial charge on any atom is -0.497 e. The van der Waals surface area contributed by atoms with Gasteiger partial charge in [-0.3, -0.25) is 0 Å². The van der Waals surface area contributed by atoms with Crippen molar-refractivity contribution in [2.24, 2.45) is 4.99 Å². The van der Waals surface area contributed by atoms with Crippen LogP contribution in [0.5, 0.6) is 5.75 Å². The van der Waals surface area contributed by atoms with Gasteiger partial charge in [0.05, 0.1) is 12.8 Å². The Morgan fingerprint density at radius 3 is 1.95 bits per heavy atom. The van der Waals surface area contributed by atoms with Gasteiger partial charge in [-0.15, -0.1) is 0 Å². The fourth-order valence-electron chi connectivity index (χ4n) is 1.21. The molecule has 0 radical (unpaired) electrons. The van der Waals surface area contributed by atoms with Gasteiger partial charge < -0.3 is 9.47 Å². The summed E-state index contributed by atoms with van der Waals surface area (Å²) in [5.41, 5.74) is -0.821. The van der Waals surface area contributed by atoms with Gasteiger partial charge in [-0.05, 0) is 45.0 Å². The minimum absolute atomic E-state index is 0.150. The lowest BCUT2D eigenvalue weighted by atomic mass is 10.2. The maximum Gasteiger partial charge on any atom is 0.468 e. The molecular weight excluding hydrogens is 259 g/mol. The standard InChI is InChI=1S/C13H16F3NO2/c1-12(2,3)19-11(13(14,15)16)17-9-5-7-10(18-4)8-6-9/h5-8H,1-4H3. The zero-order valence-electron chi connectivity index (χ0n) is 11.2. The fraction of sp³-hybridized carbons (Fsp3) is 0.462. The fourth-order valence-corrected chi connectivity index (χ4v) is 1.21. The second-order valence-electron chi connectivity index (χ2n) is 4.83. The third-order valence-electron chi connectivity index (χ3n) is 1.95. The van der Waals surface area contributed by atoms with Crippen LogP contribution in [-0.4, -0.2) is 24.8 Å². The molecule has 1 aromatic carbocycles. The largest absolute Gasteiger partial charge is 0.497 e. The summed E-state index contributed by atoms with van der Waals surface area (Å²) >= 11 is 0. The Hall–Kier alpha value is -1.72. The van der Waals surface area contributed by atoms with E-state index in [1.165, 1.54) is 52.1 Å². The van der Waals surface area contributed by atoms with Crippen LogP contribution in [0.1, 0.15) is 20.8 Å². The van der Waals surface area contributed by atoms with E-state index in [-0.39, 0.29) is 5.69 Å². The molecule has 0 aliphatic heterocycles. The lowest BCUT2D eigenvalue weighted by molar-refractivity contribution is -0.0895. The van der Waals surface area contributed by atoms with Crippen LogP contribution in [0.4, 0.5) is 18.9 Å². The first-order valence-electron chi connectivity index (χ1n) is 5.61. The summed E-state index contributed by atoms with van der Waals surface area (Å²) < 4.78 is 48.2. The maximum absolute atomic E-state index is 12.8. The van der Waals surface area contributed by atoms with Crippen LogP contribution in [0.2, 0.25) is 0 Å². The number of hydrogen-bond acceptors (Lipinski definition) is 3. The molecule has 0 heterocycles. The first-order valence-corrected chi connectivity index (χ1v) is 5.61. The van der Waals surface area contributed by atoms with E-state index in [0.29, 0.717) is 5.75 Å². The van der Waals surface area contributed by atoms with E-state index in [1.807, 2.05) is 0 Å². The van der Waals surface area contributed by atoms with E-state index < -0.39 is 17.7 Å². The predicted octanol–water partition coefficient (Wildman–Crippen LogP) is 4.10. The summed E-state index contributed by atoms with van der Waals surface area (Å²) in [6.07, 6.45) is -4.63. The number of rotatable bonds is 2. The topological polar surface area (TPSA) is 30.8 Å². The Kier molecular flexibility index (Phi) is 4.44. The number of halogens is 3. The summed E-state index contributed by atoms with van der Waals surface area (Å²) in [6.45, 7) is 4.59. The van der Waals surface area contributed by atoms with E-state index in [1.54, 1.807) is 0 Å². The molecule has 19 heavy (non-hydrogen) atoms. The zero-order chi connectivity index (χ0) is 14.7. The van der Waals surface area contributed by atoms with Crippen molar-refractivity contribution >= 4 is 11.6 Å². The number of benzene rings is 1. The SMILES string of the molecule is COc1ccc(N=C(OC(C)(C)C)C(F)(F)F)cc1. The van der Waals surface area contributed by atoms with E-state index in [2.05, 4.69) is 4.99 Å². The smallest absolute Gasteiger partial charge is 0.468 e. The molecule has 0 amide bonds. The maximum atomic E-state index is 12.8. The lowest BCUT2D eigenvalue weighted by Crippen LogP contribution is -2.33. The molecular formula is C13H16F3NO2. The summed E-state index contributed by atoms with van der Waals surface area (Å²) in [5.74, 6) is -0.714. The van der Waals surface area contributed by atoms with Crippen LogP contribution in [0.3, 0.4) is 0 Å². The van der Waals surface area contributed by atoms with Crippen LogP contribution in [0.25, 0.3) is 0 Å².